The van der Waals surface area contributed by atoms with Crippen LogP contribution in [0.4, 0.5) is 24.5 Å². The maximum absolute atomic E-state index is 13.0. The molecule has 0 unspecified atom stereocenters. The first-order valence-corrected chi connectivity index (χ1v) is 21.0. The van der Waals surface area contributed by atoms with Crippen LogP contribution in [-0.2, 0) is 26.2 Å². The number of hydrogen-bond donors (Lipinski definition) is 2. The van der Waals surface area contributed by atoms with E-state index in [0.717, 1.165) is 17.8 Å². The summed E-state index contributed by atoms with van der Waals surface area (Å²) >= 11 is 12.0. The number of rotatable bonds is 12. The molecule has 0 radical (unpaired) electrons. The average Bonchev–Trinajstić information content (AvgIpc) is 3.19. The monoisotopic (exact) mass is 884 g/mol. The van der Waals surface area contributed by atoms with Gasteiger partial charge in [-0.15, -0.1) is 0 Å². The van der Waals surface area contributed by atoms with Crippen molar-refractivity contribution < 1.29 is 44.3 Å². The lowest BCUT2D eigenvalue weighted by Crippen LogP contribution is -2.16. The van der Waals surface area contributed by atoms with Gasteiger partial charge < -0.3 is 4.74 Å². The molecule has 6 rings (SSSR count). The molecule has 0 aliphatic rings. The van der Waals surface area contributed by atoms with Crippen LogP contribution in [0.25, 0.3) is 0 Å². The number of halogens is 5. The van der Waals surface area contributed by atoms with Crippen molar-refractivity contribution in [2.24, 2.45) is 0 Å². The Morgan fingerprint density at radius 3 is 1.68 bits per heavy atom. The number of nitrogens with zero attached hydrogens (tertiary/aromatic N) is 2. The minimum atomic E-state index is -4.75. The Labute approximate surface area is 348 Å². The Morgan fingerprint density at radius 2 is 1.19 bits per heavy atom. The lowest BCUT2D eigenvalue weighted by molar-refractivity contribution is -0.141. The van der Waals surface area contributed by atoms with Crippen molar-refractivity contribution in [3.8, 4) is 5.75 Å². The van der Waals surface area contributed by atoms with Gasteiger partial charge in [0.1, 0.15) is 17.1 Å². The second kappa shape index (κ2) is 18.4. The summed E-state index contributed by atoms with van der Waals surface area (Å²) in [6.45, 7) is 5.52. The summed E-state index contributed by atoms with van der Waals surface area (Å²) in [6, 6.07) is 26.9. The number of carbonyl (C=O) groups excluding carboxylic acids is 2. The molecule has 306 valence electrons. The summed E-state index contributed by atoms with van der Waals surface area (Å²) in [7, 11) is -7.98. The van der Waals surface area contributed by atoms with E-state index in [0.29, 0.717) is 16.8 Å². The van der Waals surface area contributed by atoms with Gasteiger partial charge in [-0.2, -0.15) is 13.2 Å². The summed E-state index contributed by atoms with van der Waals surface area (Å²) in [6.07, 6.45) is -2.50. The Hall–Kier alpha value is -5.81. The summed E-state index contributed by atoms with van der Waals surface area (Å²) in [5.74, 6) is -0.803. The predicted molar refractivity (Wildman–Crippen MR) is 218 cm³/mol. The summed E-state index contributed by atoms with van der Waals surface area (Å²) < 4.78 is 100. The van der Waals surface area contributed by atoms with Crippen molar-refractivity contribution in [2.45, 2.75) is 42.8 Å². The molecule has 0 aliphatic carbocycles. The van der Waals surface area contributed by atoms with Gasteiger partial charge in [-0.25, -0.2) is 16.8 Å². The topological polar surface area (TPSA) is 161 Å². The second-order valence-electron chi connectivity index (χ2n) is 12.8. The van der Waals surface area contributed by atoms with Gasteiger partial charge in [0.25, 0.3) is 20.0 Å². The second-order valence-corrected chi connectivity index (χ2v) is 17.1. The van der Waals surface area contributed by atoms with Crippen LogP contribution in [0, 0.1) is 6.92 Å². The van der Waals surface area contributed by atoms with Gasteiger partial charge in [0.15, 0.2) is 5.78 Å². The average molecular weight is 886 g/mol. The third-order valence-corrected chi connectivity index (χ3v) is 11.2. The van der Waals surface area contributed by atoms with E-state index in [1.54, 1.807) is 30.3 Å². The van der Waals surface area contributed by atoms with E-state index in [-0.39, 0.29) is 54.7 Å². The number of aromatic nitrogens is 2. The van der Waals surface area contributed by atoms with E-state index in [4.69, 9.17) is 27.9 Å². The SMILES string of the molecule is CC(C)Oc1ccc(S(=O)(=O)Nc2ccc(Cl)cc2C(=O)c2ccnc(C(F)(F)F)c2)cc1.Cc1ccc(S(=O)(=O)Nc2ccc(Cl)cc2C(=O)c2ccccn2)cc1. The highest BCUT2D eigenvalue weighted by atomic mass is 35.5. The molecular formula is C41H33Cl2F3N4O7S2. The first kappa shape index (κ1) is 44.3. The summed E-state index contributed by atoms with van der Waals surface area (Å²) in [5.41, 5.74) is -0.511. The third kappa shape index (κ3) is 11.7. The maximum atomic E-state index is 13.0. The quantitative estimate of drug-likeness (QED) is 0.114. The van der Waals surface area contributed by atoms with Crippen LogP contribution in [0.1, 0.15) is 57.1 Å². The molecule has 0 atom stereocenters. The summed E-state index contributed by atoms with van der Waals surface area (Å²) in [4.78, 5) is 32.9. The highest BCUT2D eigenvalue weighted by molar-refractivity contribution is 7.93. The number of carbonyl (C=O) groups is 2. The highest BCUT2D eigenvalue weighted by Gasteiger charge is 2.33. The van der Waals surface area contributed by atoms with Gasteiger partial charge in [-0.3, -0.25) is 29.0 Å². The number of anilines is 2. The highest BCUT2D eigenvalue weighted by Crippen LogP contribution is 2.31. The van der Waals surface area contributed by atoms with Crippen molar-refractivity contribution in [1.29, 1.82) is 0 Å². The molecule has 0 saturated carbocycles. The number of sulfonamides is 2. The molecule has 2 heterocycles. The smallest absolute Gasteiger partial charge is 0.433 e. The Morgan fingerprint density at radius 1 is 0.661 bits per heavy atom. The fraction of sp³-hybridized carbons (Fsp3) is 0.122. The first-order chi connectivity index (χ1) is 27.7. The van der Waals surface area contributed by atoms with Gasteiger partial charge in [-0.1, -0.05) is 47.0 Å². The number of aryl methyl sites for hydroxylation is 1. The normalized spacial score (nSPS) is 11.6. The lowest BCUT2D eigenvalue weighted by atomic mass is 10.0. The molecule has 11 nitrogen and oxygen atoms in total. The number of hydrogen-bond acceptors (Lipinski definition) is 9. The molecule has 0 saturated heterocycles. The minimum Gasteiger partial charge on any atom is -0.491 e. The maximum Gasteiger partial charge on any atom is 0.433 e. The predicted octanol–water partition coefficient (Wildman–Crippen LogP) is 9.65. The molecule has 18 heteroatoms. The number of benzene rings is 4. The molecule has 0 bridgehead atoms. The number of ketones is 2. The van der Waals surface area contributed by atoms with Crippen molar-refractivity contribution in [2.75, 3.05) is 9.44 Å². The molecule has 0 aliphatic heterocycles. The number of nitrogens with one attached hydrogen (secondary N) is 2. The standard InChI is InChI=1S/C22H18ClF3N2O4S.C19H15ClN2O3S/c1-13(2)32-16-4-6-17(7-5-16)33(30,31)28-19-8-3-15(23)12-18(19)21(29)14-9-10-27-20(11-14)22(24,25)26;1-13-5-8-15(9-6-13)26(24,25)22-17-10-7-14(20)12-16(17)19(23)18-4-2-3-11-21-18/h3-13,28H,1-2H3;2-12,22H,1H3. The van der Waals surface area contributed by atoms with E-state index in [1.807, 2.05) is 20.8 Å². The molecular weight excluding hydrogens is 853 g/mol. The molecule has 0 fully saturated rings. The van der Waals surface area contributed by atoms with Crippen molar-refractivity contribution in [1.82, 2.24) is 9.97 Å². The molecule has 0 spiro atoms. The first-order valence-electron chi connectivity index (χ1n) is 17.3. The van der Waals surface area contributed by atoms with E-state index in [1.165, 1.54) is 79.0 Å². The minimum absolute atomic E-state index is 0.0979. The van der Waals surface area contributed by atoms with E-state index in [2.05, 4.69) is 19.4 Å². The van der Waals surface area contributed by atoms with Gasteiger partial charge in [0.2, 0.25) is 5.78 Å². The zero-order valence-electron chi connectivity index (χ0n) is 31.2. The van der Waals surface area contributed by atoms with Gasteiger partial charge in [-0.05, 0) is 118 Å². The van der Waals surface area contributed by atoms with Crippen LogP contribution in [-0.4, -0.2) is 44.5 Å². The van der Waals surface area contributed by atoms with E-state index >= 15 is 0 Å². The van der Waals surface area contributed by atoms with Crippen LogP contribution in [0.3, 0.4) is 0 Å². The van der Waals surface area contributed by atoms with Crippen LogP contribution in [0.5, 0.6) is 5.75 Å². The number of ether oxygens (including phenoxy) is 1. The van der Waals surface area contributed by atoms with Crippen LogP contribution < -0.4 is 14.2 Å². The fourth-order valence-electron chi connectivity index (χ4n) is 5.20. The lowest BCUT2D eigenvalue weighted by Gasteiger charge is -2.14. The Balaban J connectivity index is 0.000000230. The molecule has 2 N–H and O–H groups in total. The van der Waals surface area contributed by atoms with Crippen LogP contribution in [0.15, 0.2) is 137 Å². The van der Waals surface area contributed by atoms with Crippen molar-refractivity contribution in [3.63, 3.8) is 0 Å². The van der Waals surface area contributed by atoms with Crippen molar-refractivity contribution in [3.05, 3.63) is 171 Å². The molecule has 59 heavy (non-hydrogen) atoms. The van der Waals surface area contributed by atoms with E-state index < -0.39 is 43.5 Å². The van der Waals surface area contributed by atoms with Gasteiger partial charge in [0, 0.05) is 39.1 Å². The number of alkyl halides is 3. The molecule has 6 aromatic rings. The molecule has 0 amide bonds. The molecule has 2 aromatic heterocycles. The molecule has 4 aromatic carbocycles. The van der Waals surface area contributed by atoms with Gasteiger partial charge in [0.05, 0.1) is 27.3 Å². The zero-order valence-corrected chi connectivity index (χ0v) is 34.3. The largest absolute Gasteiger partial charge is 0.491 e. The van der Waals surface area contributed by atoms with Crippen LogP contribution >= 0.6 is 23.2 Å². The summed E-state index contributed by atoms with van der Waals surface area (Å²) in [5, 5.41) is 0.421. The number of pyridine rings is 2. The van der Waals surface area contributed by atoms with Crippen LogP contribution in [0.2, 0.25) is 10.0 Å². The Bertz CT molecular complexity index is 2700. The van der Waals surface area contributed by atoms with E-state index in [9.17, 15) is 39.6 Å². The zero-order chi connectivity index (χ0) is 43.1. The van der Waals surface area contributed by atoms with Crippen molar-refractivity contribution >= 4 is 66.2 Å². The fourth-order valence-corrected chi connectivity index (χ4v) is 7.70. The third-order valence-electron chi connectivity index (χ3n) is 7.99. The van der Waals surface area contributed by atoms with Gasteiger partial charge >= 0.3 is 6.18 Å². The Kier molecular flexibility index (Phi) is 13.8.